The molecule has 0 radical (unpaired) electrons. The molecule has 3 rings (SSSR count). The van der Waals surface area contributed by atoms with E-state index in [1.807, 2.05) is 12.1 Å². The highest BCUT2D eigenvalue weighted by Crippen LogP contribution is 2.37. The summed E-state index contributed by atoms with van der Waals surface area (Å²) < 4.78 is 13.1. The molecule has 152 valence electrons. The van der Waals surface area contributed by atoms with E-state index in [1.54, 1.807) is 12.1 Å². The van der Waals surface area contributed by atoms with Gasteiger partial charge in [-0.25, -0.2) is 4.39 Å². The van der Waals surface area contributed by atoms with Gasteiger partial charge in [-0.1, -0.05) is 63.6 Å². The van der Waals surface area contributed by atoms with Crippen LogP contribution in [-0.2, 0) is 12.8 Å². The van der Waals surface area contributed by atoms with Crippen molar-refractivity contribution < 1.29 is 4.39 Å². The standard InChI is InChI=1S/C27H37F/c1-4-22-8-14-26(15-9-22)21(3)6-13-25-16-10-23(7-5-20(25)2)19-24-11-17-27(28)18-12-24/h8-9,11-12,14-15,17-18,20-21,23,25H,4-7,10,13,16,19H2,1-3H3. The molecule has 1 saturated carbocycles. The highest BCUT2D eigenvalue weighted by Gasteiger charge is 2.25. The van der Waals surface area contributed by atoms with Gasteiger partial charge in [0, 0.05) is 0 Å². The van der Waals surface area contributed by atoms with E-state index < -0.39 is 0 Å². The average molecular weight is 381 g/mol. The molecule has 4 unspecified atom stereocenters. The van der Waals surface area contributed by atoms with Gasteiger partial charge in [0.1, 0.15) is 5.82 Å². The van der Waals surface area contributed by atoms with Gasteiger partial charge >= 0.3 is 0 Å². The molecule has 2 aromatic rings. The predicted octanol–water partition coefficient (Wildman–Crippen LogP) is 7.96. The van der Waals surface area contributed by atoms with Crippen LogP contribution in [0.4, 0.5) is 4.39 Å². The van der Waals surface area contributed by atoms with Crippen molar-refractivity contribution >= 4 is 0 Å². The van der Waals surface area contributed by atoms with Gasteiger partial charge in [-0.15, -0.1) is 0 Å². The molecule has 0 aromatic heterocycles. The lowest BCUT2D eigenvalue weighted by atomic mass is 9.82. The van der Waals surface area contributed by atoms with E-state index in [4.69, 9.17) is 0 Å². The number of halogens is 1. The van der Waals surface area contributed by atoms with Gasteiger partial charge in [-0.3, -0.25) is 0 Å². The fraction of sp³-hybridized carbons (Fsp3) is 0.556. The third-order valence-corrected chi connectivity index (χ3v) is 7.15. The Labute approximate surface area is 171 Å². The van der Waals surface area contributed by atoms with Crippen LogP contribution in [0.5, 0.6) is 0 Å². The Morgan fingerprint density at radius 3 is 2.21 bits per heavy atom. The molecule has 4 atom stereocenters. The summed E-state index contributed by atoms with van der Waals surface area (Å²) in [6.45, 7) is 7.07. The first-order chi connectivity index (χ1) is 13.5. The summed E-state index contributed by atoms with van der Waals surface area (Å²) >= 11 is 0. The van der Waals surface area contributed by atoms with Crippen LogP contribution in [0.15, 0.2) is 48.5 Å². The van der Waals surface area contributed by atoms with Gasteiger partial charge in [-0.05, 0) is 97.4 Å². The van der Waals surface area contributed by atoms with E-state index in [0.29, 0.717) is 5.92 Å². The molecule has 0 saturated heterocycles. The zero-order valence-corrected chi connectivity index (χ0v) is 18.0. The van der Waals surface area contributed by atoms with Crippen molar-refractivity contribution in [2.45, 2.75) is 78.1 Å². The van der Waals surface area contributed by atoms with E-state index in [2.05, 4.69) is 45.0 Å². The molecule has 28 heavy (non-hydrogen) atoms. The van der Waals surface area contributed by atoms with E-state index in [1.165, 1.54) is 55.2 Å². The number of aryl methyl sites for hydroxylation is 1. The van der Waals surface area contributed by atoms with Crippen LogP contribution in [0.3, 0.4) is 0 Å². The first-order valence-electron chi connectivity index (χ1n) is 11.4. The van der Waals surface area contributed by atoms with Crippen molar-refractivity contribution in [2.24, 2.45) is 17.8 Å². The van der Waals surface area contributed by atoms with Crippen LogP contribution in [-0.4, -0.2) is 0 Å². The maximum Gasteiger partial charge on any atom is 0.123 e. The lowest BCUT2D eigenvalue weighted by Gasteiger charge is -2.23. The van der Waals surface area contributed by atoms with Gasteiger partial charge in [0.05, 0.1) is 0 Å². The maximum absolute atomic E-state index is 13.1. The molecule has 0 N–H and O–H groups in total. The Balaban J connectivity index is 1.49. The summed E-state index contributed by atoms with van der Waals surface area (Å²) in [7, 11) is 0. The largest absolute Gasteiger partial charge is 0.207 e. The zero-order chi connectivity index (χ0) is 19.9. The highest BCUT2D eigenvalue weighted by atomic mass is 19.1. The van der Waals surface area contributed by atoms with Crippen LogP contribution in [0.25, 0.3) is 0 Å². The van der Waals surface area contributed by atoms with Crippen LogP contribution < -0.4 is 0 Å². The molecular weight excluding hydrogens is 343 g/mol. The van der Waals surface area contributed by atoms with E-state index in [-0.39, 0.29) is 5.82 Å². The van der Waals surface area contributed by atoms with E-state index >= 15 is 0 Å². The molecular formula is C27H37F. The molecule has 0 bridgehead atoms. The SMILES string of the molecule is CCc1ccc(C(C)CCC2CCC(Cc3ccc(F)cc3)CCC2C)cc1. The summed E-state index contributed by atoms with van der Waals surface area (Å²) in [6, 6.07) is 16.4. The number of rotatable bonds is 7. The van der Waals surface area contributed by atoms with E-state index in [0.717, 1.165) is 30.6 Å². The second kappa shape index (κ2) is 10.2. The summed E-state index contributed by atoms with van der Waals surface area (Å²) in [5, 5.41) is 0. The van der Waals surface area contributed by atoms with Crippen LogP contribution in [0.2, 0.25) is 0 Å². The summed E-state index contributed by atoms with van der Waals surface area (Å²) in [5.74, 6) is 2.97. The predicted molar refractivity (Wildman–Crippen MR) is 118 cm³/mol. The first kappa shape index (κ1) is 21.1. The van der Waals surface area contributed by atoms with Gasteiger partial charge in [-0.2, -0.15) is 0 Å². The zero-order valence-electron chi connectivity index (χ0n) is 18.0. The second-order valence-electron chi connectivity index (χ2n) is 9.16. The highest BCUT2D eigenvalue weighted by molar-refractivity contribution is 5.25. The maximum atomic E-state index is 13.1. The van der Waals surface area contributed by atoms with Gasteiger partial charge < -0.3 is 0 Å². The van der Waals surface area contributed by atoms with Gasteiger partial charge in [0.15, 0.2) is 0 Å². The van der Waals surface area contributed by atoms with Gasteiger partial charge in [0.25, 0.3) is 0 Å². The molecule has 0 nitrogen and oxygen atoms in total. The van der Waals surface area contributed by atoms with Gasteiger partial charge in [0.2, 0.25) is 0 Å². The van der Waals surface area contributed by atoms with E-state index in [9.17, 15) is 4.39 Å². The minimum absolute atomic E-state index is 0.128. The van der Waals surface area contributed by atoms with Crippen molar-refractivity contribution in [1.29, 1.82) is 0 Å². The van der Waals surface area contributed by atoms with Crippen LogP contribution in [0, 0.1) is 23.6 Å². The fourth-order valence-electron chi connectivity index (χ4n) is 4.91. The quantitative estimate of drug-likeness (QED) is 0.427. The topological polar surface area (TPSA) is 0 Å². The van der Waals surface area contributed by atoms with Crippen molar-refractivity contribution in [2.75, 3.05) is 0 Å². The smallest absolute Gasteiger partial charge is 0.123 e. The number of hydrogen-bond donors (Lipinski definition) is 0. The molecule has 1 fully saturated rings. The van der Waals surface area contributed by atoms with Crippen molar-refractivity contribution in [3.63, 3.8) is 0 Å². The first-order valence-corrected chi connectivity index (χ1v) is 11.4. The van der Waals surface area contributed by atoms with Crippen LogP contribution in [0.1, 0.15) is 81.9 Å². The lowest BCUT2D eigenvalue weighted by Crippen LogP contribution is -2.11. The third kappa shape index (κ3) is 5.93. The molecule has 0 aliphatic heterocycles. The summed E-state index contributed by atoms with van der Waals surface area (Å²) in [4.78, 5) is 0. The summed E-state index contributed by atoms with van der Waals surface area (Å²) in [6.07, 6.45) is 10.2. The fourth-order valence-corrected chi connectivity index (χ4v) is 4.91. The minimum Gasteiger partial charge on any atom is -0.207 e. The minimum atomic E-state index is -0.128. The molecule has 0 amide bonds. The van der Waals surface area contributed by atoms with Crippen LogP contribution >= 0.6 is 0 Å². The van der Waals surface area contributed by atoms with Crippen molar-refractivity contribution in [3.05, 3.63) is 71.0 Å². The third-order valence-electron chi connectivity index (χ3n) is 7.15. The average Bonchev–Trinajstić information content (AvgIpc) is 2.89. The monoisotopic (exact) mass is 380 g/mol. The van der Waals surface area contributed by atoms with Crippen molar-refractivity contribution in [3.8, 4) is 0 Å². The number of benzene rings is 2. The Morgan fingerprint density at radius 2 is 1.54 bits per heavy atom. The molecule has 1 aliphatic rings. The Hall–Kier alpha value is -1.63. The lowest BCUT2D eigenvalue weighted by molar-refractivity contribution is 0.304. The molecule has 0 spiro atoms. The normalized spacial score (nSPS) is 23.9. The Morgan fingerprint density at radius 1 is 0.893 bits per heavy atom. The Bertz CT molecular complexity index is 700. The number of hydrogen-bond acceptors (Lipinski definition) is 0. The molecule has 1 heteroatoms. The molecule has 1 aliphatic carbocycles. The molecule has 2 aromatic carbocycles. The molecule has 0 heterocycles. The van der Waals surface area contributed by atoms with Crippen molar-refractivity contribution in [1.82, 2.24) is 0 Å². The Kier molecular flexibility index (Phi) is 7.71. The summed E-state index contributed by atoms with van der Waals surface area (Å²) in [5.41, 5.74) is 4.22. The second-order valence-corrected chi connectivity index (χ2v) is 9.16.